The van der Waals surface area contributed by atoms with Gasteiger partial charge >= 0.3 is 0 Å². The molecular formula is C14H20N4O2. The van der Waals surface area contributed by atoms with E-state index in [0.29, 0.717) is 6.61 Å². The highest BCUT2D eigenvalue weighted by Gasteiger charge is 2.43. The van der Waals surface area contributed by atoms with Crippen molar-refractivity contribution in [2.45, 2.75) is 32.2 Å². The lowest BCUT2D eigenvalue weighted by molar-refractivity contribution is -0.189. The van der Waals surface area contributed by atoms with Crippen molar-refractivity contribution in [2.75, 3.05) is 19.7 Å². The number of amides is 1. The first-order valence-corrected chi connectivity index (χ1v) is 7.13. The summed E-state index contributed by atoms with van der Waals surface area (Å²) in [4.78, 5) is 26.5. The fraction of sp³-hybridized carbons (Fsp3) is 0.643. The van der Waals surface area contributed by atoms with Gasteiger partial charge in [0.1, 0.15) is 6.33 Å². The molecular weight excluding hydrogens is 256 g/mol. The minimum Gasteiger partial charge on any atom is -0.317 e. The lowest BCUT2D eigenvalue weighted by atomic mass is 9.79. The van der Waals surface area contributed by atoms with Crippen LogP contribution >= 0.6 is 0 Å². The van der Waals surface area contributed by atoms with Gasteiger partial charge in [0.25, 0.3) is 5.91 Å². The van der Waals surface area contributed by atoms with E-state index >= 15 is 0 Å². The molecule has 2 fully saturated rings. The SMILES string of the molecule is CC1(C(=O)N2OCC[C@H]2c2cncnc2)CCNCC1. The fourth-order valence-corrected chi connectivity index (χ4v) is 2.91. The summed E-state index contributed by atoms with van der Waals surface area (Å²) >= 11 is 0. The van der Waals surface area contributed by atoms with Gasteiger partial charge in [-0.05, 0) is 25.9 Å². The lowest BCUT2D eigenvalue weighted by Gasteiger charge is -2.36. The van der Waals surface area contributed by atoms with E-state index in [-0.39, 0.29) is 17.4 Å². The highest BCUT2D eigenvalue weighted by atomic mass is 16.7. The highest BCUT2D eigenvalue weighted by molar-refractivity contribution is 5.82. The van der Waals surface area contributed by atoms with Gasteiger partial charge in [0, 0.05) is 24.4 Å². The molecule has 3 heterocycles. The molecule has 0 unspecified atom stereocenters. The van der Waals surface area contributed by atoms with Crippen LogP contribution in [0.3, 0.4) is 0 Å². The molecule has 0 radical (unpaired) electrons. The molecule has 0 aliphatic carbocycles. The van der Waals surface area contributed by atoms with Crippen LogP contribution in [-0.4, -0.2) is 40.6 Å². The molecule has 0 aromatic carbocycles. The summed E-state index contributed by atoms with van der Waals surface area (Å²) in [7, 11) is 0. The third kappa shape index (κ3) is 2.41. The number of carbonyl (C=O) groups is 1. The number of nitrogens with one attached hydrogen (secondary N) is 1. The van der Waals surface area contributed by atoms with Crippen LogP contribution in [0.2, 0.25) is 0 Å². The summed E-state index contributed by atoms with van der Waals surface area (Å²) in [5.74, 6) is 0.0883. The topological polar surface area (TPSA) is 67.4 Å². The molecule has 1 aromatic heterocycles. The molecule has 2 aliphatic heterocycles. The van der Waals surface area contributed by atoms with Gasteiger partial charge in [-0.15, -0.1) is 0 Å². The lowest BCUT2D eigenvalue weighted by Crippen LogP contribution is -2.47. The van der Waals surface area contributed by atoms with Crippen LogP contribution in [0.5, 0.6) is 0 Å². The molecule has 108 valence electrons. The van der Waals surface area contributed by atoms with E-state index in [2.05, 4.69) is 15.3 Å². The van der Waals surface area contributed by atoms with Crippen LogP contribution < -0.4 is 5.32 Å². The zero-order chi connectivity index (χ0) is 14.0. The van der Waals surface area contributed by atoms with Crippen LogP contribution in [0.15, 0.2) is 18.7 Å². The first-order chi connectivity index (χ1) is 9.71. The van der Waals surface area contributed by atoms with Gasteiger partial charge in [0.15, 0.2) is 0 Å². The Morgan fingerprint density at radius 3 is 2.80 bits per heavy atom. The van der Waals surface area contributed by atoms with Crippen molar-refractivity contribution < 1.29 is 9.63 Å². The predicted octanol–water partition coefficient (Wildman–Crippen LogP) is 1.07. The Bertz CT molecular complexity index is 473. The van der Waals surface area contributed by atoms with E-state index < -0.39 is 0 Å². The predicted molar refractivity (Wildman–Crippen MR) is 72.4 cm³/mol. The molecule has 0 saturated carbocycles. The Morgan fingerprint density at radius 2 is 2.10 bits per heavy atom. The molecule has 1 amide bonds. The largest absolute Gasteiger partial charge is 0.317 e. The second-order valence-electron chi connectivity index (χ2n) is 5.75. The number of aromatic nitrogens is 2. The fourth-order valence-electron chi connectivity index (χ4n) is 2.91. The van der Waals surface area contributed by atoms with Gasteiger partial charge in [-0.3, -0.25) is 9.63 Å². The van der Waals surface area contributed by atoms with E-state index in [0.717, 1.165) is 37.9 Å². The zero-order valence-corrected chi connectivity index (χ0v) is 11.7. The van der Waals surface area contributed by atoms with Gasteiger partial charge in [-0.25, -0.2) is 15.0 Å². The first kappa shape index (κ1) is 13.5. The minimum atomic E-state index is -0.330. The molecule has 2 aliphatic rings. The molecule has 0 spiro atoms. The molecule has 3 rings (SSSR count). The number of hydrogen-bond donors (Lipinski definition) is 1. The van der Waals surface area contributed by atoms with Crippen LogP contribution in [0, 0.1) is 5.41 Å². The summed E-state index contributed by atoms with van der Waals surface area (Å²) in [5, 5.41) is 4.86. The van der Waals surface area contributed by atoms with Gasteiger partial charge in [0.2, 0.25) is 0 Å². The maximum absolute atomic E-state index is 12.8. The van der Waals surface area contributed by atoms with E-state index in [1.54, 1.807) is 17.5 Å². The van der Waals surface area contributed by atoms with Gasteiger partial charge in [-0.1, -0.05) is 6.92 Å². The third-order valence-corrected chi connectivity index (χ3v) is 4.29. The highest BCUT2D eigenvalue weighted by Crippen LogP contribution is 2.37. The second kappa shape index (κ2) is 5.46. The van der Waals surface area contributed by atoms with Crippen molar-refractivity contribution in [1.82, 2.24) is 20.3 Å². The maximum Gasteiger partial charge on any atom is 0.252 e. The van der Waals surface area contributed by atoms with E-state index in [1.807, 2.05) is 6.92 Å². The van der Waals surface area contributed by atoms with Crippen molar-refractivity contribution >= 4 is 5.91 Å². The number of nitrogens with zero attached hydrogens (tertiary/aromatic N) is 3. The van der Waals surface area contributed by atoms with Gasteiger partial charge in [-0.2, -0.15) is 0 Å². The van der Waals surface area contributed by atoms with E-state index in [4.69, 9.17) is 4.84 Å². The van der Waals surface area contributed by atoms with E-state index in [9.17, 15) is 4.79 Å². The number of hydrogen-bond acceptors (Lipinski definition) is 5. The average Bonchev–Trinajstić information content (AvgIpc) is 2.97. The number of hydroxylamine groups is 2. The molecule has 1 N–H and O–H groups in total. The monoisotopic (exact) mass is 276 g/mol. The van der Waals surface area contributed by atoms with Gasteiger partial charge < -0.3 is 5.32 Å². The van der Waals surface area contributed by atoms with Crippen molar-refractivity contribution in [3.63, 3.8) is 0 Å². The number of piperidine rings is 1. The second-order valence-corrected chi connectivity index (χ2v) is 5.75. The molecule has 0 bridgehead atoms. The van der Waals surface area contributed by atoms with Crippen molar-refractivity contribution in [1.29, 1.82) is 0 Å². The summed E-state index contributed by atoms with van der Waals surface area (Å²) in [6, 6.07) is -0.0598. The molecule has 2 saturated heterocycles. The molecule has 6 nitrogen and oxygen atoms in total. The van der Waals surface area contributed by atoms with Crippen LogP contribution in [0.1, 0.15) is 37.8 Å². The van der Waals surface area contributed by atoms with Crippen LogP contribution in [0.25, 0.3) is 0 Å². The van der Waals surface area contributed by atoms with Crippen molar-refractivity contribution in [3.8, 4) is 0 Å². The number of rotatable bonds is 2. The third-order valence-electron chi connectivity index (χ3n) is 4.29. The average molecular weight is 276 g/mol. The minimum absolute atomic E-state index is 0.0598. The zero-order valence-electron chi connectivity index (χ0n) is 11.7. The normalized spacial score (nSPS) is 25.6. The van der Waals surface area contributed by atoms with Gasteiger partial charge in [0.05, 0.1) is 18.1 Å². The summed E-state index contributed by atoms with van der Waals surface area (Å²) < 4.78 is 0. The summed E-state index contributed by atoms with van der Waals surface area (Å²) in [6.07, 6.45) is 7.52. The van der Waals surface area contributed by atoms with Crippen molar-refractivity contribution in [2.24, 2.45) is 5.41 Å². The first-order valence-electron chi connectivity index (χ1n) is 7.13. The standard InChI is InChI=1S/C14H20N4O2/c1-14(3-5-15-6-4-14)13(19)18-12(2-7-20-18)11-8-16-10-17-9-11/h8-10,12,15H,2-7H2,1H3/t12-/m0/s1. The Kier molecular flexibility index (Phi) is 3.67. The quantitative estimate of drug-likeness (QED) is 0.875. The molecule has 1 atom stereocenters. The Balaban J connectivity index is 1.80. The molecule has 6 heteroatoms. The Labute approximate surface area is 118 Å². The summed E-state index contributed by atoms with van der Waals surface area (Å²) in [6.45, 7) is 4.38. The van der Waals surface area contributed by atoms with E-state index in [1.165, 1.54) is 6.33 Å². The maximum atomic E-state index is 12.8. The smallest absolute Gasteiger partial charge is 0.252 e. The molecule has 20 heavy (non-hydrogen) atoms. The molecule has 1 aromatic rings. The van der Waals surface area contributed by atoms with Crippen LogP contribution in [-0.2, 0) is 9.63 Å². The summed E-state index contributed by atoms with van der Waals surface area (Å²) in [5.41, 5.74) is 0.611. The Hall–Kier alpha value is -1.53. The Morgan fingerprint density at radius 1 is 1.40 bits per heavy atom. The van der Waals surface area contributed by atoms with Crippen LogP contribution in [0.4, 0.5) is 0 Å². The number of carbonyl (C=O) groups excluding carboxylic acids is 1. The van der Waals surface area contributed by atoms with Crippen molar-refractivity contribution in [3.05, 3.63) is 24.3 Å².